The van der Waals surface area contributed by atoms with Crippen molar-refractivity contribution < 1.29 is 19.2 Å². The van der Waals surface area contributed by atoms with Gasteiger partial charge in [0, 0.05) is 18.5 Å². The number of fused-ring (bicyclic) bond motifs is 1. The minimum atomic E-state index is -0.884. The summed E-state index contributed by atoms with van der Waals surface area (Å²) in [5.41, 5.74) is 9.27. The van der Waals surface area contributed by atoms with E-state index in [4.69, 9.17) is 15.1 Å². The van der Waals surface area contributed by atoms with Crippen LogP contribution in [0.15, 0.2) is 18.3 Å². The van der Waals surface area contributed by atoms with Crippen molar-refractivity contribution in [2.75, 3.05) is 18.5 Å². The lowest BCUT2D eigenvalue weighted by Crippen LogP contribution is -2.30. The van der Waals surface area contributed by atoms with Crippen molar-refractivity contribution in [3.63, 3.8) is 0 Å². The molecule has 9 heteroatoms. The summed E-state index contributed by atoms with van der Waals surface area (Å²) < 4.78 is 12.5. The fourth-order valence-corrected chi connectivity index (χ4v) is 3.59. The SMILES string of the molecule is Cc1cc(Nc2nn(C3CCCOC3)cc2C(N)=O)cc2c1B(O)OC2. The van der Waals surface area contributed by atoms with Crippen molar-refractivity contribution in [2.24, 2.45) is 5.73 Å². The van der Waals surface area contributed by atoms with Crippen LogP contribution < -0.4 is 16.5 Å². The minimum absolute atomic E-state index is 0.0997. The number of aromatic nitrogens is 2. The Kier molecular flexibility index (Phi) is 4.43. The number of nitrogens with one attached hydrogen (secondary N) is 1. The van der Waals surface area contributed by atoms with Crippen molar-refractivity contribution in [2.45, 2.75) is 32.4 Å². The Morgan fingerprint density at radius 1 is 1.50 bits per heavy atom. The van der Waals surface area contributed by atoms with Crippen LogP contribution in [0.3, 0.4) is 0 Å². The molecular formula is C17H21BN4O4. The van der Waals surface area contributed by atoms with E-state index >= 15 is 0 Å². The predicted molar refractivity (Wildman–Crippen MR) is 96.7 cm³/mol. The largest absolute Gasteiger partial charge is 0.492 e. The van der Waals surface area contributed by atoms with Crippen LogP contribution >= 0.6 is 0 Å². The third kappa shape index (κ3) is 3.09. The number of ether oxygens (including phenoxy) is 1. The van der Waals surface area contributed by atoms with E-state index in [0.717, 1.165) is 41.7 Å². The third-order valence-electron chi connectivity index (χ3n) is 4.89. The molecule has 0 spiro atoms. The molecule has 1 aromatic carbocycles. The predicted octanol–water partition coefficient (Wildman–Crippen LogP) is 0.603. The molecule has 1 fully saturated rings. The van der Waals surface area contributed by atoms with Gasteiger partial charge in [-0.1, -0.05) is 0 Å². The van der Waals surface area contributed by atoms with E-state index < -0.39 is 13.0 Å². The van der Waals surface area contributed by atoms with Crippen LogP contribution in [0.25, 0.3) is 0 Å². The first-order chi connectivity index (χ1) is 12.5. The van der Waals surface area contributed by atoms with Gasteiger partial charge in [0.15, 0.2) is 5.82 Å². The second-order valence-electron chi connectivity index (χ2n) is 6.76. The molecule has 4 N–H and O–H groups in total. The van der Waals surface area contributed by atoms with Gasteiger partial charge < -0.3 is 25.5 Å². The molecule has 136 valence electrons. The molecule has 0 radical (unpaired) electrons. The number of aryl methyl sites for hydroxylation is 1. The van der Waals surface area contributed by atoms with Crippen LogP contribution in [0.1, 0.15) is 40.4 Å². The van der Waals surface area contributed by atoms with Crippen LogP contribution in [0.4, 0.5) is 11.5 Å². The zero-order chi connectivity index (χ0) is 18.3. The summed E-state index contributed by atoms with van der Waals surface area (Å²) in [4.78, 5) is 11.8. The maximum absolute atomic E-state index is 11.8. The van der Waals surface area contributed by atoms with Gasteiger partial charge >= 0.3 is 7.12 Å². The maximum Gasteiger partial charge on any atom is 0.492 e. The highest BCUT2D eigenvalue weighted by Crippen LogP contribution is 2.26. The highest BCUT2D eigenvalue weighted by atomic mass is 16.5. The Bertz CT molecular complexity index is 848. The number of benzene rings is 1. The Labute approximate surface area is 151 Å². The van der Waals surface area contributed by atoms with Crippen LogP contribution in [-0.4, -0.2) is 41.0 Å². The van der Waals surface area contributed by atoms with Crippen LogP contribution in [0.5, 0.6) is 0 Å². The first-order valence-corrected chi connectivity index (χ1v) is 8.69. The Morgan fingerprint density at radius 2 is 2.35 bits per heavy atom. The quantitative estimate of drug-likeness (QED) is 0.692. The molecule has 1 amide bonds. The smallest absolute Gasteiger partial charge is 0.423 e. The van der Waals surface area contributed by atoms with E-state index in [1.807, 2.05) is 19.1 Å². The van der Waals surface area contributed by atoms with E-state index in [1.54, 1.807) is 10.9 Å². The van der Waals surface area contributed by atoms with Gasteiger partial charge in [0.25, 0.3) is 5.91 Å². The van der Waals surface area contributed by atoms with Crippen molar-refractivity contribution in [3.8, 4) is 0 Å². The van der Waals surface area contributed by atoms with Gasteiger partial charge in [-0.25, -0.2) is 0 Å². The monoisotopic (exact) mass is 356 g/mol. The molecule has 4 rings (SSSR count). The molecule has 1 unspecified atom stereocenters. The molecule has 1 saturated heterocycles. The Hall–Kier alpha value is -2.36. The van der Waals surface area contributed by atoms with Crippen LogP contribution in [-0.2, 0) is 16.0 Å². The molecule has 0 bridgehead atoms. The molecule has 26 heavy (non-hydrogen) atoms. The number of amides is 1. The van der Waals surface area contributed by atoms with Gasteiger partial charge in [0.05, 0.1) is 19.3 Å². The topological polar surface area (TPSA) is 112 Å². The summed E-state index contributed by atoms with van der Waals surface area (Å²) in [6.07, 6.45) is 3.59. The molecule has 0 aliphatic carbocycles. The molecule has 2 aliphatic heterocycles. The fourth-order valence-electron chi connectivity index (χ4n) is 3.59. The summed E-state index contributed by atoms with van der Waals surface area (Å²) in [7, 11) is -0.884. The van der Waals surface area contributed by atoms with Crippen molar-refractivity contribution in [1.29, 1.82) is 0 Å². The molecule has 2 aliphatic rings. The first kappa shape index (κ1) is 17.1. The van der Waals surface area contributed by atoms with Crippen LogP contribution in [0, 0.1) is 6.92 Å². The Morgan fingerprint density at radius 3 is 3.08 bits per heavy atom. The number of hydrogen-bond acceptors (Lipinski definition) is 6. The second kappa shape index (κ2) is 6.75. The molecule has 3 heterocycles. The zero-order valence-corrected chi connectivity index (χ0v) is 14.6. The van der Waals surface area contributed by atoms with Crippen LogP contribution in [0.2, 0.25) is 0 Å². The molecule has 2 aromatic rings. The minimum Gasteiger partial charge on any atom is -0.423 e. The number of hydrogen-bond donors (Lipinski definition) is 3. The highest BCUT2D eigenvalue weighted by molar-refractivity contribution is 6.62. The average Bonchev–Trinajstić information content (AvgIpc) is 3.20. The number of carbonyl (C=O) groups is 1. The molecule has 0 saturated carbocycles. The van der Waals surface area contributed by atoms with Crippen molar-refractivity contribution in [1.82, 2.24) is 9.78 Å². The van der Waals surface area contributed by atoms with Gasteiger partial charge in [-0.15, -0.1) is 0 Å². The second-order valence-corrected chi connectivity index (χ2v) is 6.76. The summed E-state index contributed by atoms with van der Waals surface area (Å²) in [5, 5.41) is 17.6. The normalized spacial score (nSPS) is 19.5. The summed E-state index contributed by atoms with van der Waals surface area (Å²) in [5.74, 6) is -0.117. The first-order valence-electron chi connectivity index (χ1n) is 8.69. The lowest BCUT2D eigenvalue weighted by Gasteiger charge is -2.22. The van der Waals surface area contributed by atoms with Gasteiger partial charge in [0.2, 0.25) is 0 Å². The standard InChI is InChI=1S/C17H21BN4O4/c1-10-5-12(6-11-8-26-18(24)15(10)11)20-17-14(16(19)23)7-22(21-17)13-3-2-4-25-9-13/h5-7,13,24H,2-4,8-9H2,1H3,(H2,19,23)(H,20,21). The highest BCUT2D eigenvalue weighted by Gasteiger charge is 2.29. The zero-order valence-electron chi connectivity index (χ0n) is 14.6. The number of nitrogens with two attached hydrogens (primary N) is 1. The molecule has 1 aromatic heterocycles. The lowest BCUT2D eigenvalue weighted by atomic mass is 9.76. The van der Waals surface area contributed by atoms with E-state index in [1.165, 1.54) is 0 Å². The molecular weight excluding hydrogens is 335 g/mol. The number of rotatable bonds is 4. The number of nitrogens with zero attached hydrogens (tertiary/aromatic N) is 2. The maximum atomic E-state index is 11.8. The number of primary amides is 1. The Balaban J connectivity index is 1.64. The summed E-state index contributed by atoms with van der Waals surface area (Å²) >= 11 is 0. The van der Waals surface area contributed by atoms with Gasteiger partial charge in [0.1, 0.15) is 5.56 Å². The lowest BCUT2D eigenvalue weighted by molar-refractivity contribution is 0.0550. The summed E-state index contributed by atoms with van der Waals surface area (Å²) in [6, 6.07) is 3.89. The molecule has 1 atom stereocenters. The van der Waals surface area contributed by atoms with Gasteiger partial charge in [-0.3, -0.25) is 9.48 Å². The van der Waals surface area contributed by atoms with Gasteiger partial charge in [-0.2, -0.15) is 5.10 Å². The van der Waals surface area contributed by atoms with Gasteiger partial charge in [-0.05, 0) is 48.5 Å². The van der Waals surface area contributed by atoms with Crippen molar-refractivity contribution >= 4 is 30.0 Å². The van der Waals surface area contributed by atoms with E-state index in [2.05, 4.69) is 10.4 Å². The molecule has 8 nitrogen and oxygen atoms in total. The van der Waals surface area contributed by atoms with E-state index in [-0.39, 0.29) is 6.04 Å². The van der Waals surface area contributed by atoms with E-state index in [9.17, 15) is 9.82 Å². The number of carbonyl (C=O) groups excluding carboxylic acids is 1. The fraction of sp³-hybridized carbons (Fsp3) is 0.412. The van der Waals surface area contributed by atoms with Crippen molar-refractivity contribution in [3.05, 3.63) is 35.0 Å². The van der Waals surface area contributed by atoms with E-state index in [0.29, 0.717) is 24.6 Å². The number of anilines is 2. The third-order valence-corrected chi connectivity index (χ3v) is 4.89. The average molecular weight is 356 g/mol. The summed E-state index contributed by atoms with van der Waals surface area (Å²) in [6.45, 7) is 3.60.